The van der Waals surface area contributed by atoms with Crippen molar-refractivity contribution in [1.29, 1.82) is 0 Å². The first-order valence-corrected chi connectivity index (χ1v) is 9.05. The minimum absolute atomic E-state index is 0. The Morgan fingerprint density at radius 3 is 2.60 bits per heavy atom. The van der Waals surface area contributed by atoms with Gasteiger partial charge in [0.15, 0.2) is 5.96 Å². The average molecular weight is 472 g/mol. The third kappa shape index (κ3) is 12.8. The number of ether oxygens (including phenoxy) is 2. The van der Waals surface area contributed by atoms with Gasteiger partial charge in [-0.2, -0.15) is 0 Å². The first-order chi connectivity index (χ1) is 11.4. The second-order valence-corrected chi connectivity index (χ2v) is 6.98. The Morgan fingerprint density at radius 1 is 1.32 bits per heavy atom. The van der Waals surface area contributed by atoms with Gasteiger partial charge in [0.1, 0.15) is 0 Å². The summed E-state index contributed by atoms with van der Waals surface area (Å²) < 4.78 is 10.9. The number of nitrogens with one attached hydrogen (secondary N) is 2. The van der Waals surface area contributed by atoms with Gasteiger partial charge in [-0.15, -0.1) is 24.0 Å². The zero-order valence-electron chi connectivity index (χ0n) is 16.2. The number of aliphatic hydroxyl groups is 1. The molecular weight excluding hydrogens is 435 g/mol. The summed E-state index contributed by atoms with van der Waals surface area (Å²) in [6.45, 7) is 15.2. The second kappa shape index (κ2) is 14.0. The monoisotopic (exact) mass is 472 g/mol. The number of nitrogens with zero attached hydrogens (tertiary/aromatic N) is 2. The van der Waals surface area contributed by atoms with E-state index in [0.717, 1.165) is 39.5 Å². The summed E-state index contributed by atoms with van der Waals surface area (Å²) in [6.07, 6.45) is 0. The van der Waals surface area contributed by atoms with Crippen molar-refractivity contribution in [3.05, 3.63) is 0 Å². The maximum atomic E-state index is 10.6. The molecule has 0 radical (unpaired) electrons. The summed E-state index contributed by atoms with van der Waals surface area (Å²) in [6, 6.07) is 0. The van der Waals surface area contributed by atoms with Gasteiger partial charge in [0.25, 0.3) is 0 Å². The van der Waals surface area contributed by atoms with E-state index in [1.54, 1.807) is 0 Å². The number of hydrogen-bond donors (Lipinski definition) is 3. The molecule has 0 aromatic heterocycles. The van der Waals surface area contributed by atoms with Crippen LogP contribution in [0.25, 0.3) is 0 Å². The Labute approximate surface area is 169 Å². The lowest BCUT2D eigenvalue weighted by molar-refractivity contribution is -0.0180. The number of β-amino-alcohol motifs (C(OH)–C–C–N with tert-alkyl or cyclic N) is 1. The lowest BCUT2D eigenvalue weighted by Gasteiger charge is -2.33. The smallest absolute Gasteiger partial charge is 0.191 e. The van der Waals surface area contributed by atoms with Crippen LogP contribution in [0.15, 0.2) is 4.99 Å². The van der Waals surface area contributed by atoms with Gasteiger partial charge < -0.3 is 25.2 Å². The van der Waals surface area contributed by atoms with Crippen molar-refractivity contribution in [2.45, 2.75) is 33.3 Å². The predicted octanol–water partition coefficient (Wildman–Crippen LogP) is 0.915. The van der Waals surface area contributed by atoms with Gasteiger partial charge in [0.05, 0.1) is 32.0 Å². The van der Waals surface area contributed by atoms with E-state index in [4.69, 9.17) is 9.47 Å². The summed E-state index contributed by atoms with van der Waals surface area (Å²) in [5.41, 5.74) is -0.853. The molecule has 0 bridgehead atoms. The first-order valence-electron chi connectivity index (χ1n) is 9.05. The SMILES string of the molecule is CCNC(=NCC(C)(O)CN1CCOCC1)NCCOCC(C)C.I. The summed E-state index contributed by atoms with van der Waals surface area (Å²) >= 11 is 0. The van der Waals surface area contributed by atoms with Gasteiger partial charge in [-0.25, -0.2) is 0 Å². The Morgan fingerprint density at radius 2 is 2.00 bits per heavy atom. The number of morpholine rings is 1. The molecule has 1 rings (SSSR count). The predicted molar refractivity (Wildman–Crippen MR) is 113 cm³/mol. The van der Waals surface area contributed by atoms with Crippen molar-refractivity contribution in [3.63, 3.8) is 0 Å². The van der Waals surface area contributed by atoms with E-state index in [1.165, 1.54) is 0 Å². The number of halogens is 1. The molecule has 1 aliphatic rings. The van der Waals surface area contributed by atoms with Crippen LogP contribution in [-0.4, -0.2) is 87.3 Å². The molecular formula is C17H37IN4O3. The molecule has 150 valence electrons. The zero-order valence-corrected chi connectivity index (χ0v) is 18.5. The van der Waals surface area contributed by atoms with Gasteiger partial charge in [-0.05, 0) is 19.8 Å². The molecule has 3 N–H and O–H groups in total. The van der Waals surface area contributed by atoms with Crippen LogP contribution in [0.1, 0.15) is 27.7 Å². The van der Waals surface area contributed by atoms with Crippen molar-refractivity contribution in [1.82, 2.24) is 15.5 Å². The van der Waals surface area contributed by atoms with Crippen LogP contribution in [0, 0.1) is 5.92 Å². The summed E-state index contributed by atoms with van der Waals surface area (Å²) in [4.78, 5) is 6.74. The molecule has 25 heavy (non-hydrogen) atoms. The van der Waals surface area contributed by atoms with Crippen LogP contribution in [0.2, 0.25) is 0 Å². The highest BCUT2D eigenvalue weighted by Gasteiger charge is 2.25. The molecule has 1 atom stereocenters. The largest absolute Gasteiger partial charge is 0.387 e. The first kappa shape index (κ1) is 24.8. The van der Waals surface area contributed by atoms with Gasteiger partial charge in [0, 0.05) is 39.3 Å². The average Bonchev–Trinajstić information content (AvgIpc) is 2.52. The van der Waals surface area contributed by atoms with Crippen LogP contribution < -0.4 is 10.6 Å². The number of rotatable bonds is 10. The highest BCUT2D eigenvalue weighted by atomic mass is 127. The molecule has 1 fully saturated rings. The van der Waals surface area contributed by atoms with E-state index in [-0.39, 0.29) is 24.0 Å². The van der Waals surface area contributed by atoms with Crippen LogP contribution >= 0.6 is 24.0 Å². The van der Waals surface area contributed by atoms with Gasteiger partial charge in [-0.3, -0.25) is 9.89 Å². The highest BCUT2D eigenvalue weighted by molar-refractivity contribution is 14.0. The van der Waals surface area contributed by atoms with E-state index in [2.05, 4.69) is 34.4 Å². The lowest BCUT2D eigenvalue weighted by Crippen LogP contribution is -2.48. The molecule has 0 spiro atoms. The fourth-order valence-electron chi connectivity index (χ4n) is 2.44. The Hall–Kier alpha value is -0.160. The zero-order chi connectivity index (χ0) is 17.8. The lowest BCUT2D eigenvalue weighted by atomic mass is 10.1. The quantitative estimate of drug-likeness (QED) is 0.190. The standard InChI is InChI=1S/C17H36N4O3.HI/c1-5-18-16(19-6-9-24-12-15(2)3)20-13-17(4,22)14-21-7-10-23-11-8-21;/h15,22H,5-14H2,1-4H3,(H2,18,19,20);1H. The fourth-order valence-corrected chi connectivity index (χ4v) is 2.44. The molecule has 0 aromatic carbocycles. The molecule has 0 aromatic rings. The van der Waals surface area contributed by atoms with Crippen molar-refractivity contribution in [2.75, 3.05) is 65.7 Å². The van der Waals surface area contributed by atoms with Crippen molar-refractivity contribution in [3.8, 4) is 0 Å². The van der Waals surface area contributed by atoms with E-state index in [0.29, 0.717) is 38.1 Å². The molecule has 1 heterocycles. The molecule has 7 nitrogen and oxygen atoms in total. The number of aliphatic imine (C=N–C) groups is 1. The molecule has 0 amide bonds. The topological polar surface area (TPSA) is 78.4 Å². The second-order valence-electron chi connectivity index (χ2n) is 6.98. The molecule has 0 saturated carbocycles. The minimum Gasteiger partial charge on any atom is -0.387 e. The fraction of sp³-hybridized carbons (Fsp3) is 0.941. The number of hydrogen-bond acceptors (Lipinski definition) is 5. The van der Waals surface area contributed by atoms with Crippen molar-refractivity contribution >= 4 is 29.9 Å². The Kier molecular flexibility index (Phi) is 13.9. The normalized spacial score (nSPS) is 18.6. The van der Waals surface area contributed by atoms with E-state index >= 15 is 0 Å². The van der Waals surface area contributed by atoms with Crippen LogP contribution in [0.4, 0.5) is 0 Å². The van der Waals surface area contributed by atoms with E-state index in [9.17, 15) is 5.11 Å². The molecule has 8 heteroatoms. The van der Waals surface area contributed by atoms with Crippen LogP contribution in [0.3, 0.4) is 0 Å². The summed E-state index contributed by atoms with van der Waals surface area (Å²) in [5.74, 6) is 1.26. The van der Waals surface area contributed by atoms with Crippen LogP contribution in [-0.2, 0) is 9.47 Å². The molecule has 0 aliphatic carbocycles. The molecule has 1 aliphatic heterocycles. The van der Waals surface area contributed by atoms with Gasteiger partial charge in [0.2, 0.25) is 0 Å². The van der Waals surface area contributed by atoms with E-state index < -0.39 is 5.60 Å². The van der Waals surface area contributed by atoms with Gasteiger partial charge in [-0.1, -0.05) is 13.8 Å². The maximum absolute atomic E-state index is 10.6. The van der Waals surface area contributed by atoms with E-state index in [1.807, 2.05) is 13.8 Å². The molecule has 1 unspecified atom stereocenters. The van der Waals surface area contributed by atoms with Crippen LogP contribution in [0.5, 0.6) is 0 Å². The minimum atomic E-state index is -0.853. The van der Waals surface area contributed by atoms with Crippen molar-refractivity contribution in [2.24, 2.45) is 10.9 Å². The third-order valence-corrected chi connectivity index (χ3v) is 3.58. The Bertz CT molecular complexity index is 362. The van der Waals surface area contributed by atoms with Crippen molar-refractivity contribution < 1.29 is 14.6 Å². The Balaban J connectivity index is 0.00000576. The summed E-state index contributed by atoms with van der Waals surface area (Å²) in [5, 5.41) is 17.0. The van der Waals surface area contributed by atoms with Gasteiger partial charge >= 0.3 is 0 Å². The highest BCUT2D eigenvalue weighted by Crippen LogP contribution is 2.09. The maximum Gasteiger partial charge on any atom is 0.191 e. The number of guanidine groups is 1. The molecule has 1 saturated heterocycles. The summed E-state index contributed by atoms with van der Waals surface area (Å²) in [7, 11) is 0. The third-order valence-electron chi connectivity index (χ3n) is 3.58.